The lowest BCUT2D eigenvalue weighted by Crippen LogP contribution is -2.28. The lowest BCUT2D eigenvalue weighted by Gasteiger charge is -2.07. The van der Waals surface area contributed by atoms with Gasteiger partial charge in [-0.15, -0.1) is 11.8 Å². The highest BCUT2D eigenvalue weighted by molar-refractivity contribution is 7.99. The number of carbonyl (C=O) groups excluding carboxylic acids is 3. The van der Waals surface area contributed by atoms with E-state index in [9.17, 15) is 18.8 Å². The zero-order valence-corrected chi connectivity index (χ0v) is 16.1. The Kier molecular flexibility index (Phi) is 8.48. The van der Waals surface area contributed by atoms with Gasteiger partial charge in [-0.2, -0.15) is 0 Å². The van der Waals surface area contributed by atoms with E-state index in [2.05, 4.69) is 10.1 Å². The average molecular weight is 405 g/mol. The summed E-state index contributed by atoms with van der Waals surface area (Å²) in [7, 11) is 1.30. The van der Waals surface area contributed by atoms with Crippen LogP contribution in [-0.4, -0.2) is 37.3 Å². The molecule has 0 bridgehead atoms. The number of rotatable bonds is 9. The molecular formula is C20H20FNO5S. The summed E-state index contributed by atoms with van der Waals surface area (Å²) in [6.07, 6.45) is 0.143. The van der Waals surface area contributed by atoms with Crippen LogP contribution in [0.25, 0.3) is 0 Å². The van der Waals surface area contributed by atoms with Gasteiger partial charge in [0, 0.05) is 17.2 Å². The molecule has 1 N–H and O–H groups in total. The molecule has 0 aliphatic heterocycles. The number of hydrogen-bond acceptors (Lipinski definition) is 6. The second kappa shape index (κ2) is 11.1. The third-order valence-corrected chi connectivity index (χ3v) is 4.63. The Morgan fingerprint density at radius 2 is 1.71 bits per heavy atom. The van der Waals surface area contributed by atoms with Crippen molar-refractivity contribution in [2.24, 2.45) is 0 Å². The number of esters is 2. The van der Waals surface area contributed by atoms with Gasteiger partial charge < -0.3 is 14.8 Å². The molecule has 0 aliphatic carbocycles. The van der Waals surface area contributed by atoms with Gasteiger partial charge in [-0.1, -0.05) is 12.1 Å². The first-order valence-electron chi connectivity index (χ1n) is 8.46. The van der Waals surface area contributed by atoms with E-state index < -0.39 is 17.8 Å². The third kappa shape index (κ3) is 7.40. The first-order chi connectivity index (χ1) is 13.5. The van der Waals surface area contributed by atoms with Gasteiger partial charge in [0.25, 0.3) is 5.91 Å². The summed E-state index contributed by atoms with van der Waals surface area (Å²) < 4.78 is 22.4. The van der Waals surface area contributed by atoms with E-state index in [1.54, 1.807) is 36.4 Å². The van der Waals surface area contributed by atoms with E-state index in [1.807, 2.05) is 0 Å². The maximum Gasteiger partial charge on any atom is 0.337 e. The van der Waals surface area contributed by atoms with Crippen LogP contribution in [0.2, 0.25) is 0 Å². The first kappa shape index (κ1) is 21.4. The molecule has 0 atom stereocenters. The molecular weight excluding hydrogens is 385 g/mol. The number of amides is 1. The van der Waals surface area contributed by atoms with Crippen LogP contribution in [0.5, 0.6) is 0 Å². The Hall–Kier alpha value is -2.87. The second-order valence-electron chi connectivity index (χ2n) is 5.68. The Morgan fingerprint density at radius 1 is 1.04 bits per heavy atom. The van der Waals surface area contributed by atoms with E-state index in [-0.39, 0.29) is 25.4 Å². The van der Waals surface area contributed by atoms with E-state index in [1.165, 1.54) is 31.0 Å². The summed E-state index contributed by atoms with van der Waals surface area (Å²) in [6, 6.07) is 12.6. The van der Waals surface area contributed by atoms with Crippen LogP contribution in [0.4, 0.5) is 4.39 Å². The number of ether oxygens (including phenoxy) is 2. The van der Waals surface area contributed by atoms with Gasteiger partial charge in [0.1, 0.15) is 5.82 Å². The van der Waals surface area contributed by atoms with E-state index >= 15 is 0 Å². The topological polar surface area (TPSA) is 81.7 Å². The number of benzene rings is 2. The minimum Gasteiger partial charge on any atom is -0.465 e. The smallest absolute Gasteiger partial charge is 0.337 e. The molecule has 2 rings (SSSR count). The predicted molar refractivity (Wildman–Crippen MR) is 102 cm³/mol. The molecule has 0 spiro atoms. The molecule has 0 aromatic heterocycles. The molecule has 8 heteroatoms. The fourth-order valence-corrected chi connectivity index (χ4v) is 2.96. The normalized spacial score (nSPS) is 10.2. The van der Waals surface area contributed by atoms with Crippen molar-refractivity contribution in [1.82, 2.24) is 5.32 Å². The van der Waals surface area contributed by atoms with Gasteiger partial charge in [0.15, 0.2) is 6.61 Å². The largest absolute Gasteiger partial charge is 0.465 e. The number of hydrogen-bond donors (Lipinski definition) is 1. The maximum atomic E-state index is 12.8. The highest BCUT2D eigenvalue weighted by Crippen LogP contribution is 2.18. The van der Waals surface area contributed by atoms with Crippen LogP contribution in [0.15, 0.2) is 53.4 Å². The van der Waals surface area contributed by atoms with Crippen molar-refractivity contribution in [3.05, 3.63) is 65.5 Å². The summed E-state index contributed by atoms with van der Waals surface area (Å²) in [5, 5.41) is 2.63. The van der Waals surface area contributed by atoms with Crippen molar-refractivity contribution in [2.75, 3.05) is 19.5 Å². The van der Waals surface area contributed by atoms with E-state index in [0.29, 0.717) is 11.3 Å². The van der Waals surface area contributed by atoms with E-state index in [4.69, 9.17) is 4.74 Å². The molecule has 148 valence electrons. The standard InChI is InChI=1S/C20H20FNO5S/c1-26-20(25)15-4-2-14(3-5-15)12-22-18(23)13-27-19(24)10-11-28-17-8-6-16(21)7-9-17/h2-9H,10-13H2,1H3,(H,22,23). The van der Waals surface area contributed by atoms with Gasteiger partial charge in [0.05, 0.1) is 19.1 Å². The Morgan fingerprint density at radius 3 is 2.36 bits per heavy atom. The molecule has 0 fully saturated rings. The van der Waals surface area contributed by atoms with Crippen LogP contribution < -0.4 is 5.32 Å². The first-order valence-corrected chi connectivity index (χ1v) is 9.44. The Bertz CT molecular complexity index is 808. The van der Waals surface area contributed by atoms with Gasteiger partial charge in [-0.25, -0.2) is 9.18 Å². The molecule has 2 aromatic rings. The summed E-state index contributed by atoms with van der Waals surface area (Å²) in [5.74, 6) is -1.17. The van der Waals surface area contributed by atoms with Crippen molar-refractivity contribution in [3.8, 4) is 0 Å². The SMILES string of the molecule is COC(=O)c1ccc(CNC(=O)COC(=O)CCSc2ccc(F)cc2)cc1. The molecule has 2 aromatic carbocycles. The van der Waals surface area contributed by atoms with Crippen LogP contribution in [0, 0.1) is 5.82 Å². The van der Waals surface area contributed by atoms with Crippen molar-refractivity contribution in [1.29, 1.82) is 0 Å². The average Bonchev–Trinajstić information content (AvgIpc) is 2.72. The molecule has 0 unspecified atom stereocenters. The summed E-state index contributed by atoms with van der Waals surface area (Å²) in [4.78, 5) is 35.6. The van der Waals surface area contributed by atoms with Gasteiger partial charge in [-0.05, 0) is 42.0 Å². The monoisotopic (exact) mass is 405 g/mol. The fraction of sp³-hybridized carbons (Fsp3) is 0.250. The summed E-state index contributed by atoms with van der Waals surface area (Å²) in [6.45, 7) is -0.113. The molecule has 1 amide bonds. The van der Waals surface area contributed by atoms with Crippen molar-refractivity contribution >= 4 is 29.6 Å². The quantitative estimate of drug-likeness (QED) is 0.510. The van der Waals surface area contributed by atoms with Gasteiger partial charge in [0.2, 0.25) is 0 Å². The highest BCUT2D eigenvalue weighted by Gasteiger charge is 2.09. The van der Waals surface area contributed by atoms with Crippen LogP contribution in [0.1, 0.15) is 22.3 Å². The van der Waals surface area contributed by atoms with Crippen LogP contribution in [-0.2, 0) is 25.6 Å². The predicted octanol–water partition coefficient (Wildman–Crippen LogP) is 2.95. The molecule has 0 saturated heterocycles. The number of thioether (sulfide) groups is 1. The lowest BCUT2D eigenvalue weighted by molar-refractivity contribution is -0.148. The Balaban J connectivity index is 1.62. The molecule has 28 heavy (non-hydrogen) atoms. The van der Waals surface area contributed by atoms with E-state index in [0.717, 1.165) is 10.5 Å². The zero-order valence-electron chi connectivity index (χ0n) is 15.3. The molecule has 6 nitrogen and oxygen atoms in total. The molecule has 0 aliphatic rings. The minimum absolute atomic E-state index is 0.143. The van der Waals surface area contributed by atoms with Crippen molar-refractivity contribution in [3.63, 3.8) is 0 Å². The van der Waals surface area contributed by atoms with Crippen LogP contribution >= 0.6 is 11.8 Å². The molecule has 0 heterocycles. The number of carbonyl (C=O) groups is 3. The number of methoxy groups -OCH3 is 1. The van der Waals surface area contributed by atoms with Crippen LogP contribution in [0.3, 0.4) is 0 Å². The fourth-order valence-electron chi connectivity index (χ4n) is 2.13. The third-order valence-electron chi connectivity index (χ3n) is 3.62. The lowest BCUT2D eigenvalue weighted by atomic mass is 10.1. The summed E-state index contributed by atoms with van der Waals surface area (Å²) >= 11 is 1.40. The second-order valence-corrected chi connectivity index (χ2v) is 6.85. The molecule has 0 saturated carbocycles. The number of nitrogens with one attached hydrogen (secondary N) is 1. The van der Waals surface area contributed by atoms with Gasteiger partial charge >= 0.3 is 11.9 Å². The summed E-state index contributed by atoms with van der Waals surface area (Å²) in [5.41, 5.74) is 1.22. The molecule has 0 radical (unpaired) electrons. The highest BCUT2D eigenvalue weighted by atomic mass is 32.2. The maximum absolute atomic E-state index is 12.8. The Labute approximate surface area is 166 Å². The zero-order chi connectivity index (χ0) is 20.4. The van der Waals surface area contributed by atoms with Crippen molar-refractivity contribution in [2.45, 2.75) is 17.9 Å². The van der Waals surface area contributed by atoms with Crippen molar-refractivity contribution < 1.29 is 28.2 Å². The number of halogens is 1. The van der Waals surface area contributed by atoms with Gasteiger partial charge in [-0.3, -0.25) is 9.59 Å². The minimum atomic E-state index is -0.479.